The average Bonchev–Trinajstić information content (AvgIpc) is 3.54. The van der Waals surface area contributed by atoms with Crippen molar-refractivity contribution in [3.63, 3.8) is 0 Å². The molecule has 1 aromatic carbocycles. The molecule has 4 heterocycles. The third-order valence-electron chi connectivity index (χ3n) is 3.93. The predicted molar refractivity (Wildman–Crippen MR) is 109 cm³/mol. The molecule has 0 atom stereocenters. The van der Waals surface area contributed by atoms with E-state index < -0.39 is 0 Å². The minimum Gasteiger partial charge on any atom is -0.265 e. The Labute approximate surface area is 171 Å². The van der Waals surface area contributed by atoms with Crippen LogP contribution in [0.3, 0.4) is 0 Å². The Bertz CT molecular complexity index is 1240. The van der Waals surface area contributed by atoms with Crippen LogP contribution in [0.25, 0.3) is 28.7 Å². The number of rotatable bonds is 3. The molecule has 0 aliphatic heterocycles. The summed E-state index contributed by atoms with van der Waals surface area (Å²) in [5.41, 5.74) is 2.90. The number of nitriles is 1. The maximum atomic E-state index is 8.89. The van der Waals surface area contributed by atoms with Crippen LogP contribution in [0.2, 0.25) is 0 Å². The van der Waals surface area contributed by atoms with E-state index >= 15 is 0 Å². The third kappa shape index (κ3) is 4.40. The van der Waals surface area contributed by atoms with E-state index in [0.717, 1.165) is 17.1 Å². The number of nitrogens with one attached hydrogen (secondary N) is 1. The van der Waals surface area contributed by atoms with Crippen molar-refractivity contribution >= 4 is 0 Å². The van der Waals surface area contributed by atoms with Crippen molar-refractivity contribution in [1.82, 2.24) is 39.9 Å². The number of H-pyrrole nitrogens is 1. The molecular weight excluding hydrogens is 378 g/mol. The van der Waals surface area contributed by atoms with Crippen LogP contribution < -0.4 is 0 Å². The van der Waals surface area contributed by atoms with Gasteiger partial charge in [-0.25, -0.2) is 14.6 Å². The molecule has 9 heteroatoms. The van der Waals surface area contributed by atoms with Crippen LogP contribution in [0, 0.1) is 11.3 Å². The summed E-state index contributed by atoms with van der Waals surface area (Å²) in [5, 5.41) is 19.8. The van der Waals surface area contributed by atoms with Crippen molar-refractivity contribution in [3.05, 3.63) is 91.3 Å². The summed E-state index contributed by atoms with van der Waals surface area (Å²) in [7, 11) is 0. The second-order valence-electron chi connectivity index (χ2n) is 5.93. The molecule has 5 rings (SSSR count). The highest BCUT2D eigenvalue weighted by molar-refractivity contribution is 5.49. The van der Waals surface area contributed by atoms with Gasteiger partial charge in [-0.15, -0.1) is 5.10 Å². The van der Waals surface area contributed by atoms with Crippen LogP contribution in [0.15, 0.2) is 85.7 Å². The summed E-state index contributed by atoms with van der Waals surface area (Å²) in [6, 6.07) is 20.5. The third-order valence-corrected chi connectivity index (χ3v) is 3.93. The van der Waals surface area contributed by atoms with Crippen LogP contribution in [0.5, 0.6) is 0 Å². The van der Waals surface area contributed by atoms with Gasteiger partial charge in [0.15, 0.2) is 11.6 Å². The van der Waals surface area contributed by atoms with Crippen LogP contribution in [0.1, 0.15) is 5.56 Å². The van der Waals surface area contributed by atoms with Crippen molar-refractivity contribution in [2.24, 2.45) is 0 Å². The van der Waals surface area contributed by atoms with Gasteiger partial charge in [0.2, 0.25) is 0 Å². The fraction of sp³-hybridized carbons (Fsp3) is 0. The summed E-state index contributed by atoms with van der Waals surface area (Å²) in [4.78, 5) is 16.5. The summed E-state index contributed by atoms with van der Waals surface area (Å²) >= 11 is 0. The highest BCUT2D eigenvalue weighted by Crippen LogP contribution is 2.13. The fourth-order valence-corrected chi connectivity index (χ4v) is 2.55. The number of pyridine rings is 2. The van der Waals surface area contributed by atoms with Crippen LogP contribution in [0.4, 0.5) is 0 Å². The van der Waals surface area contributed by atoms with Crippen molar-refractivity contribution in [2.75, 3.05) is 0 Å². The van der Waals surface area contributed by atoms with E-state index in [9.17, 15) is 0 Å². The number of hydrogen-bond acceptors (Lipinski definition) is 7. The average molecular weight is 393 g/mol. The molecule has 0 aliphatic carbocycles. The van der Waals surface area contributed by atoms with Gasteiger partial charge in [0.05, 0.1) is 17.3 Å². The lowest BCUT2D eigenvalue weighted by Crippen LogP contribution is -1.95. The summed E-state index contributed by atoms with van der Waals surface area (Å²) in [6.45, 7) is 0. The molecule has 4 aromatic heterocycles. The molecule has 30 heavy (non-hydrogen) atoms. The zero-order valence-electron chi connectivity index (χ0n) is 15.7. The Hall–Kier alpha value is -4.71. The molecule has 0 unspecified atom stereocenters. The van der Waals surface area contributed by atoms with Gasteiger partial charge in [0, 0.05) is 12.4 Å². The van der Waals surface area contributed by atoms with Gasteiger partial charge in [-0.2, -0.15) is 10.4 Å². The first kappa shape index (κ1) is 18.6. The van der Waals surface area contributed by atoms with Crippen molar-refractivity contribution < 1.29 is 0 Å². The highest BCUT2D eigenvalue weighted by Gasteiger charge is 2.06. The predicted octanol–water partition coefficient (Wildman–Crippen LogP) is 3.07. The largest absolute Gasteiger partial charge is 0.265 e. The number of aromatic amines is 1. The molecule has 0 radical (unpaired) electrons. The molecule has 0 saturated heterocycles. The number of aromatic nitrogens is 8. The van der Waals surface area contributed by atoms with Gasteiger partial charge in [0.1, 0.15) is 24.0 Å². The van der Waals surface area contributed by atoms with E-state index in [4.69, 9.17) is 5.26 Å². The Balaban J connectivity index is 0.000000168. The first-order valence-electron chi connectivity index (χ1n) is 8.94. The van der Waals surface area contributed by atoms with Crippen LogP contribution >= 0.6 is 0 Å². The second-order valence-corrected chi connectivity index (χ2v) is 5.93. The van der Waals surface area contributed by atoms with E-state index in [0.29, 0.717) is 17.2 Å². The highest BCUT2D eigenvalue weighted by atomic mass is 15.3. The van der Waals surface area contributed by atoms with Crippen molar-refractivity contribution in [2.45, 2.75) is 0 Å². The Morgan fingerprint density at radius 3 is 2.20 bits per heavy atom. The molecule has 0 aliphatic rings. The molecule has 0 spiro atoms. The van der Waals surface area contributed by atoms with Crippen LogP contribution in [-0.2, 0) is 0 Å². The smallest absolute Gasteiger partial charge is 0.200 e. The van der Waals surface area contributed by atoms with Gasteiger partial charge in [-0.1, -0.05) is 18.2 Å². The van der Waals surface area contributed by atoms with E-state index in [1.165, 1.54) is 6.33 Å². The normalized spacial score (nSPS) is 9.97. The molecular formula is C21H15N9. The monoisotopic (exact) mass is 393 g/mol. The molecule has 0 fully saturated rings. The minimum atomic E-state index is 0.558. The summed E-state index contributed by atoms with van der Waals surface area (Å²) < 4.78 is 1.63. The van der Waals surface area contributed by atoms with E-state index in [-0.39, 0.29) is 0 Å². The van der Waals surface area contributed by atoms with E-state index in [2.05, 4.69) is 41.3 Å². The molecule has 1 N–H and O–H groups in total. The molecule has 0 bridgehead atoms. The van der Waals surface area contributed by atoms with Gasteiger partial charge in [-0.05, 0) is 42.5 Å². The van der Waals surface area contributed by atoms with Crippen LogP contribution in [-0.4, -0.2) is 39.9 Å². The lowest BCUT2D eigenvalue weighted by atomic mass is 10.2. The van der Waals surface area contributed by atoms with Gasteiger partial charge in [-0.3, -0.25) is 15.1 Å². The first-order chi connectivity index (χ1) is 14.8. The lowest BCUT2D eigenvalue weighted by molar-refractivity contribution is 0.880. The minimum absolute atomic E-state index is 0.558. The maximum Gasteiger partial charge on any atom is 0.200 e. The molecule has 5 aromatic rings. The second kappa shape index (κ2) is 8.99. The lowest BCUT2D eigenvalue weighted by Gasteiger charge is -1.99. The van der Waals surface area contributed by atoms with E-state index in [1.54, 1.807) is 35.5 Å². The van der Waals surface area contributed by atoms with Gasteiger partial charge in [0.25, 0.3) is 0 Å². The SMILES string of the molecule is N#Cc1cccc(-n2cnc(-c3ccccn3)n2)c1.c1ccc(-c2nc[nH]n2)nc1. The molecule has 0 amide bonds. The first-order valence-corrected chi connectivity index (χ1v) is 8.94. The zero-order chi connectivity index (χ0) is 20.6. The van der Waals surface area contributed by atoms with Gasteiger partial charge < -0.3 is 0 Å². The molecule has 144 valence electrons. The zero-order valence-corrected chi connectivity index (χ0v) is 15.7. The summed E-state index contributed by atoms with van der Waals surface area (Å²) in [6.07, 6.45) is 6.56. The van der Waals surface area contributed by atoms with Crippen molar-refractivity contribution in [3.8, 4) is 34.8 Å². The Morgan fingerprint density at radius 2 is 1.57 bits per heavy atom. The Morgan fingerprint density at radius 1 is 0.800 bits per heavy atom. The fourth-order valence-electron chi connectivity index (χ4n) is 2.55. The standard InChI is InChI=1S/C14H9N5.C7H6N4/c15-9-11-4-3-5-12(8-11)19-10-17-14(18-19)13-6-1-2-7-16-13;1-2-4-8-6(3-1)7-9-5-10-11-7/h1-8,10H;1-5H,(H,9,10,11). The van der Waals surface area contributed by atoms with E-state index in [1.807, 2.05) is 48.5 Å². The number of nitrogens with zero attached hydrogens (tertiary/aromatic N) is 8. The molecule has 9 nitrogen and oxygen atoms in total. The molecule has 0 saturated carbocycles. The number of benzene rings is 1. The Kier molecular flexibility index (Phi) is 5.58. The quantitative estimate of drug-likeness (QED) is 0.500. The maximum absolute atomic E-state index is 8.89. The number of hydrogen-bond donors (Lipinski definition) is 1. The van der Waals surface area contributed by atoms with Gasteiger partial charge >= 0.3 is 0 Å². The summed E-state index contributed by atoms with van der Waals surface area (Å²) in [5.74, 6) is 1.19. The van der Waals surface area contributed by atoms with Crippen molar-refractivity contribution in [1.29, 1.82) is 5.26 Å². The topological polar surface area (TPSA) is 122 Å².